The van der Waals surface area contributed by atoms with Crippen LogP contribution in [0.1, 0.15) is 20.3 Å². The minimum Gasteiger partial charge on any atom is -0.396 e. The van der Waals surface area contributed by atoms with Crippen molar-refractivity contribution in [2.45, 2.75) is 25.9 Å². The minimum atomic E-state index is -0.735. The molecule has 1 rings (SSSR count). The highest BCUT2D eigenvalue weighted by molar-refractivity contribution is 9.10. The maximum absolute atomic E-state index is 9.79. The Morgan fingerprint density at radius 1 is 1.67 bits per heavy atom. The van der Waals surface area contributed by atoms with E-state index in [4.69, 9.17) is 5.73 Å². The molecule has 0 spiro atoms. The van der Waals surface area contributed by atoms with E-state index in [9.17, 15) is 5.11 Å². The van der Waals surface area contributed by atoms with E-state index in [1.54, 1.807) is 19.2 Å². The van der Waals surface area contributed by atoms with Gasteiger partial charge in [0.15, 0.2) is 0 Å². The molecule has 0 aromatic carbocycles. The minimum absolute atomic E-state index is 0.433. The first-order valence-corrected chi connectivity index (χ1v) is 5.61. The molecular weight excluding hydrogens is 258 g/mol. The molecule has 1 heterocycles. The maximum Gasteiger partial charge on any atom is 0.149 e. The Balaban J connectivity index is 2.66. The highest BCUT2D eigenvalue weighted by Crippen LogP contribution is 2.20. The van der Waals surface area contributed by atoms with Crippen molar-refractivity contribution >= 4 is 27.4 Å². The lowest BCUT2D eigenvalue weighted by Crippen LogP contribution is -2.32. The molecule has 0 aliphatic heterocycles. The summed E-state index contributed by atoms with van der Waals surface area (Å²) >= 11 is 3.28. The van der Waals surface area contributed by atoms with Crippen LogP contribution in [0.25, 0.3) is 0 Å². The van der Waals surface area contributed by atoms with Crippen LogP contribution in [0.5, 0.6) is 0 Å². The molecule has 1 aromatic rings. The third-order valence-corrected chi connectivity index (χ3v) is 2.72. The first-order valence-electron chi connectivity index (χ1n) is 4.82. The van der Waals surface area contributed by atoms with Gasteiger partial charge in [-0.3, -0.25) is 0 Å². The topological polar surface area (TPSA) is 71.2 Å². The van der Waals surface area contributed by atoms with Gasteiger partial charge in [0, 0.05) is 17.2 Å². The van der Waals surface area contributed by atoms with Gasteiger partial charge in [-0.2, -0.15) is 0 Å². The van der Waals surface area contributed by atoms with Crippen LogP contribution in [0.2, 0.25) is 0 Å². The molecular formula is C10H16BrN3O. The van der Waals surface area contributed by atoms with E-state index >= 15 is 0 Å². The second-order valence-electron chi connectivity index (χ2n) is 3.80. The van der Waals surface area contributed by atoms with E-state index in [0.717, 1.165) is 4.47 Å². The van der Waals surface area contributed by atoms with Gasteiger partial charge in [-0.05, 0) is 35.3 Å². The number of hydrogen-bond donors (Lipinski definition) is 3. The van der Waals surface area contributed by atoms with Gasteiger partial charge in [0.05, 0.1) is 11.3 Å². The summed E-state index contributed by atoms with van der Waals surface area (Å²) in [5, 5.41) is 12.8. The standard InChI is InChI=1S/C10H16BrN3O/c1-3-10(2,15)6-14-9-8(12)4-7(11)5-13-9/h4-5,15H,3,6,12H2,1-2H3,(H,13,14). The molecule has 1 atom stereocenters. The van der Waals surface area contributed by atoms with Crippen LogP contribution in [0.3, 0.4) is 0 Å². The van der Waals surface area contributed by atoms with E-state index in [0.29, 0.717) is 24.5 Å². The lowest BCUT2D eigenvalue weighted by molar-refractivity contribution is 0.0697. The van der Waals surface area contributed by atoms with Crippen LogP contribution < -0.4 is 11.1 Å². The molecule has 15 heavy (non-hydrogen) atoms. The summed E-state index contributed by atoms with van der Waals surface area (Å²) in [5.41, 5.74) is 5.59. The molecule has 5 heteroatoms. The van der Waals surface area contributed by atoms with Crippen LogP contribution in [0, 0.1) is 0 Å². The summed E-state index contributed by atoms with van der Waals surface area (Å²) in [5.74, 6) is 0.604. The maximum atomic E-state index is 9.79. The van der Waals surface area contributed by atoms with Crippen LogP contribution in [0.4, 0.5) is 11.5 Å². The van der Waals surface area contributed by atoms with E-state index in [2.05, 4.69) is 26.2 Å². The third kappa shape index (κ3) is 3.68. The number of nitrogens with zero attached hydrogens (tertiary/aromatic N) is 1. The average molecular weight is 274 g/mol. The van der Waals surface area contributed by atoms with Crippen molar-refractivity contribution in [3.63, 3.8) is 0 Å². The van der Waals surface area contributed by atoms with Gasteiger partial charge in [0.1, 0.15) is 5.82 Å². The normalized spacial score (nSPS) is 14.7. The van der Waals surface area contributed by atoms with Gasteiger partial charge in [0.25, 0.3) is 0 Å². The fraction of sp³-hybridized carbons (Fsp3) is 0.500. The molecule has 0 saturated heterocycles. The molecule has 0 aliphatic carbocycles. The number of nitrogen functional groups attached to an aromatic ring is 1. The molecule has 0 saturated carbocycles. The highest BCUT2D eigenvalue weighted by Gasteiger charge is 2.17. The number of hydrogen-bond acceptors (Lipinski definition) is 4. The Kier molecular flexibility index (Phi) is 3.93. The zero-order valence-electron chi connectivity index (χ0n) is 8.92. The van der Waals surface area contributed by atoms with Crippen molar-refractivity contribution in [2.75, 3.05) is 17.6 Å². The lowest BCUT2D eigenvalue weighted by Gasteiger charge is -2.22. The number of nitrogens with one attached hydrogen (secondary N) is 1. The number of aliphatic hydroxyl groups is 1. The number of aromatic nitrogens is 1. The quantitative estimate of drug-likeness (QED) is 0.785. The zero-order chi connectivity index (χ0) is 11.5. The summed E-state index contributed by atoms with van der Waals surface area (Å²) in [6, 6.07) is 1.77. The molecule has 1 aromatic heterocycles. The van der Waals surface area contributed by atoms with Gasteiger partial charge >= 0.3 is 0 Å². The average Bonchev–Trinajstić information content (AvgIpc) is 2.16. The lowest BCUT2D eigenvalue weighted by atomic mass is 10.0. The number of pyridine rings is 1. The SMILES string of the molecule is CCC(C)(O)CNc1ncc(Br)cc1N. The predicted octanol–water partition coefficient (Wildman–Crippen LogP) is 2.00. The summed E-state index contributed by atoms with van der Waals surface area (Å²) in [6.07, 6.45) is 2.34. The summed E-state index contributed by atoms with van der Waals surface area (Å²) in [4.78, 5) is 4.12. The van der Waals surface area contributed by atoms with Crippen LogP contribution >= 0.6 is 15.9 Å². The first-order chi connectivity index (χ1) is 6.94. The van der Waals surface area contributed by atoms with Crippen molar-refractivity contribution in [1.82, 2.24) is 4.98 Å². The van der Waals surface area contributed by atoms with Gasteiger partial charge in [-0.25, -0.2) is 4.98 Å². The van der Waals surface area contributed by atoms with E-state index in [1.807, 2.05) is 6.92 Å². The fourth-order valence-electron chi connectivity index (χ4n) is 1.00. The van der Waals surface area contributed by atoms with Gasteiger partial charge in [0.2, 0.25) is 0 Å². The second-order valence-corrected chi connectivity index (χ2v) is 4.71. The second kappa shape index (κ2) is 4.81. The third-order valence-electron chi connectivity index (χ3n) is 2.28. The number of halogens is 1. The molecule has 4 N–H and O–H groups in total. The van der Waals surface area contributed by atoms with Gasteiger partial charge in [-0.1, -0.05) is 6.92 Å². The summed E-state index contributed by atoms with van der Waals surface area (Å²) in [6.45, 7) is 4.14. The van der Waals surface area contributed by atoms with Gasteiger partial charge < -0.3 is 16.2 Å². The zero-order valence-corrected chi connectivity index (χ0v) is 10.5. The molecule has 84 valence electrons. The number of anilines is 2. The summed E-state index contributed by atoms with van der Waals surface area (Å²) in [7, 11) is 0. The van der Waals surface area contributed by atoms with Crippen molar-refractivity contribution in [3.8, 4) is 0 Å². The molecule has 1 unspecified atom stereocenters. The molecule has 0 fully saturated rings. The fourth-order valence-corrected chi connectivity index (χ4v) is 1.35. The van der Waals surface area contributed by atoms with Crippen molar-refractivity contribution in [1.29, 1.82) is 0 Å². The van der Waals surface area contributed by atoms with E-state index < -0.39 is 5.60 Å². The molecule has 4 nitrogen and oxygen atoms in total. The van der Waals surface area contributed by atoms with Crippen LogP contribution in [-0.2, 0) is 0 Å². The predicted molar refractivity (Wildman–Crippen MR) is 65.8 cm³/mol. The van der Waals surface area contributed by atoms with Crippen molar-refractivity contribution in [3.05, 3.63) is 16.7 Å². The number of nitrogens with two attached hydrogens (primary N) is 1. The van der Waals surface area contributed by atoms with E-state index in [-0.39, 0.29) is 0 Å². The van der Waals surface area contributed by atoms with E-state index in [1.165, 1.54) is 0 Å². The molecule has 0 amide bonds. The van der Waals surface area contributed by atoms with Crippen LogP contribution in [-0.4, -0.2) is 22.2 Å². The molecule has 0 aliphatic rings. The van der Waals surface area contributed by atoms with Crippen molar-refractivity contribution < 1.29 is 5.11 Å². The molecule has 0 radical (unpaired) electrons. The monoisotopic (exact) mass is 273 g/mol. The smallest absolute Gasteiger partial charge is 0.149 e. The Morgan fingerprint density at radius 3 is 2.87 bits per heavy atom. The van der Waals surface area contributed by atoms with Crippen LogP contribution in [0.15, 0.2) is 16.7 Å². The Hall–Kier alpha value is -0.810. The Morgan fingerprint density at radius 2 is 2.33 bits per heavy atom. The Bertz CT molecular complexity index is 341. The largest absolute Gasteiger partial charge is 0.396 e. The number of rotatable bonds is 4. The Labute approximate surface area is 98.0 Å². The first kappa shape index (κ1) is 12.3. The molecule has 0 bridgehead atoms. The highest BCUT2D eigenvalue weighted by atomic mass is 79.9. The summed E-state index contributed by atoms with van der Waals surface area (Å²) < 4.78 is 0.841. The van der Waals surface area contributed by atoms with Crippen molar-refractivity contribution in [2.24, 2.45) is 0 Å². The van der Waals surface area contributed by atoms with Gasteiger partial charge in [-0.15, -0.1) is 0 Å².